The van der Waals surface area contributed by atoms with Gasteiger partial charge in [-0.3, -0.25) is 13.9 Å². The number of nitrogens with zero attached hydrogens (tertiary/aromatic N) is 3. The molecular weight excluding hydrogens is 268 g/mol. The van der Waals surface area contributed by atoms with Gasteiger partial charge in [0.15, 0.2) is 5.65 Å². The minimum atomic E-state index is -0.251. The molecule has 0 bridgehead atoms. The molecule has 2 aromatic rings. The van der Waals surface area contributed by atoms with E-state index in [1.54, 1.807) is 4.57 Å². The predicted molar refractivity (Wildman–Crippen MR) is 83.8 cm³/mol. The minimum Gasteiger partial charge on any atom is -0.336 e. The lowest BCUT2D eigenvalue weighted by molar-refractivity contribution is 0.555. The second-order valence-electron chi connectivity index (χ2n) is 5.38. The van der Waals surface area contributed by atoms with Gasteiger partial charge in [0.05, 0.1) is 0 Å². The van der Waals surface area contributed by atoms with Crippen molar-refractivity contribution in [2.45, 2.75) is 66.0 Å². The van der Waals surface area contributed by atoms with Crippen LogP contribution in [-0.4, -0.2) is 19.1 Å². The third-order valence-electron chi connectivity index (χ3n) is 3.57. The Morgan fingerprint density at radius 1 is 1.00 bits per heavy atom. The van der Waals surface area contributed by atoms with Crippen molar-refractivity contribution < 1.29 is 0 Å². The Balaban J connectivity index is 2.67. The predicted octanol–water partition coefficient (Wildman–Crippen LogP) is 2.05. The van der Waals surface area contributed by atoms with Crippen molar-refractivity contribution >= 4 is 11.2 Å². The maximum absolute atomic E-state index is 12.5. The van der Waals surface area contributed by atoms with Crippen LogP contribution in [0.1, 0.15) is 52.3 Å². The SMILES string of the molecule is CCCCc1nc2c([nH]1)c(=O)n(CCC)c(=O)n2CCC. The normalized spacial score (nSPS) is 11.4. The Kier molecular flexibility index (Phi) is 4.98. The number of unbranched alkanes of at least 4 members (excludes halogenated alkanes) is 1. The third kappa shape index (κ3) is 2.94. The molecule has 0 aromatic carbocycles. The molecular formula is C15H24N4O2. The van der Waals surface area contributed by atoms with Crippen molar-refractivity contribution in [1.82, 2.24) is 19.1 Å². The topological polar surface area (TPSA) is 72.7 Å². The number of aromatic nitrogens is 4. The van der Waals surface area contributed by atoms with Gasteiger partial charge in [0.25, 0.3) is 5.56 Å². The van der Waals surface area contributed by atoms with E-state index >= 15 is 0 Å². The largest absolute Gasteiger partial charge is 0.336 e. The van der Waals surface area contributed by atoms with Gasteiger partial charge < -0.3 is 4.98 Å². The first-order valence-corrected chi connectivity index (χ1v) is 7.86. The van der Waals surface area contributed by atoms with E-state index < -0.39 is 0 Å². The first-order chi connectivity index (χ1) is 10.1. The molecule has 2 aromatic heterocycles. The van der Waals surface area contributed by atoms with Crippen molar-refractivity contribution in [3.63, 3.8) is 0 Å². The van der Waals surface area contributed by atoms with Crippen LogP contribution in [0.15, 0.2) is 9.59 Å². The maximum atomic E-state index is 12.5. The fraction of sp³-hybridized carbons (Fsp3) is 0.667. The van der Waals surface area contributed by atoms with Gasteiger partial charge in [-0.05, 0) is 19.3 Å². The van der Waals surface area contributed by atoms with Gasteiger partial charge in [-0.2, -0.15) is 0 Å². The first-order valence-electron chi connectivity index (χ1n) is 7.86. The fourth-order valence-electron chi connectivity index (χ4n) is 2.52. The Morgan fingerprint density at radius 2 is 1.67 bits per heavy atom. The van der Waals surface area contributed by atoms with Gasteiger partial charge >= 0.3 is 5.69 Å². The molecule has 0 atom stereocenters. The van der Waals surface area contributed by atoms with Gasteiger partial charge in [0.1, 0.15) is 11.3 Å². The highest BCUT2D eigenvalue weighted by Crippen LogP contribution is 2.09. The summed E-state index contributed by atoms with van der Waals surface area (Å²) < 4.78 is 2.94. The summed E-state index contributed by atoms with van der Waals surface area (Å²) in [5.41, 5.74) is 0.470. The van der Waals surface area contributed by atoms with E-state index in [1.807, 2.05) is 13.8 Å². The molecule has 0 amide bonds. The summed E-state index contributed by atoms with van der Waals surface area (Å²) in [5, 5.41) is 0. The molecule has 0 aliphatic heterocycles. The van der Waals surface area contributed by atoms with Gasteiger partial charge in [0, 0.05) is 19.5 Å². The van der Waals surface area contributed by atoms with Gasteiger partial charge in [-0.1, -0.05) is 27.2 Å². The van der Waals surface area contributed by atoms with Crippen LogP contribution in [0.3, 0.4) is 0 Å². The molecule has 0 spiro atoms. The summed E-state index contributed by atoms with van der Waals surface area (Å²) in [6.45, 7) is 7.11. The van der Waals surface area contributed by atoms with Crippen molar-refractivity contribution in [2.24, 2.45) is 0 Å². The zero-order valence-corrected chi connectivity index (χ0v) is 13.1. The van der Waals surface area contributed by atoms with E-state index in [4.69, 9.17) is 0 Å². The standard InChI is InChI=1S/C15H24N4O2/c1-4-7-8-11-16-12-13(17-11)18(9-5-2)15(21)19(10-6-3)14(12)20/h4-10H2,1-3H3,(H,16,17). The second kappa shape index (κ2) is 6.74. The van der Waals surface area contributed by atoms with E-state index in [9.17, 15) is 9.59 Å². The molecule has 2 rings (SSSR count). The fourth-order valence-corrected chi connectivity index (χ4v) is 2.52. The van der Waals surface area contributed by atoms with E-state index in [2.05, 4.69) is 16.9 Å². The molecule has 0 fully saturated rings. The third-order valence-corrected chi connectivity index (χ3v) is 3.57. The first kappa shape index (κ1) is 15.5. The van der Waals surface area contributed by atoms with E-state index in [1.165, 1.54) is 4.57 Å². The number of fused-ring (bicyclic) bond motifs is 1. The van der Waals surface area contributed by atoms with E-state index in [0.717, 1.165) is 37.9 Å². The molecule has 116 valence electrons. The maximum Gasteiger partial charge on any atom is 0.332 e. The molecule has 1 N–H and O–H groups in total. The average Bonchev–Trinajstić information content (AvgIpc) is 2.90. The molecule has 21 heavy (non-hydrogen) atoms. The number of hydrogen-bond acceptors (Lipinski definition) is 3. The Morgan fingerprint density at radius 3 is 2.29 bits per heavy atom. The van der Waals surface area contributed by atoms with Gasteiger partial charge in [0.2, 0.25) is 0 Å². The number of imidazole rings is 1. The van der Waals surface area contributed by atoms with Crippen molar-refractivity contribution in [3.8, 4) is 0 Å². The zero-order chi connectivity index (χ0) is 15.4. The van der Waals surface area contributed by atoms with Gasteiger partial charge in [-0.25, -0.2) is 9.78 Å². The Hall–Kier alpha value is -1.85. The molecule has 6 nitrogen and oxygen atoms in total. The number of rotatable bonds is 7. The van der Waals surface area contributed by atoms with Crippen molar-refractivity contribution in [3.05, 3.63) is 26.7 Å². The van der Waals surface area contributed by atoms with Crippen LogP contribution in [0.4, 0.5) is 0 Å². The number of H-pyrrole nitrogens is 1. The lowest BCUT2D eigenvalue weighted by atomic mass is 10.2. The molecule has 0 saturated carbocycles. The van der Waals surface area contributed by atoms with Crippen molar-refractivity contribution in [1.29, 1.82) is 0 Å². The molecule has 0 saturated heterocycles. The summed E-state index contributed by atoms with van der Waals surface area (Å²) in [6, 6.07) is 0. The second-order valence-corrected chi connectivity index (χ2v) is 5.38. The van der Waals surface area contributed by atoms with Gasteiger partial charge in [-0.15, -0.1) is 0 Å². The highest BCUT2D eigenvalue weighted by atomic mass is 16.2. The lowest BCUT2D eigenvalue weighted by Crippen LogP contribution is -2.40. The Labute approximate surface area is 123 Å². The lowest BCUT2D eigenvalue weighted by Gasteiger charge is -2.09. The van der Waals surface area contributed by atoms with Crippen LogP contribution in [0.2, 0.25) is 0 Å². The summed E-state index contributed by atoms with van der Waals surface area (Å²) in [6.07, 6.45) is 4.47. The number of aromatic amines is 1. The van der Waals surface area contributed by atoms with Crippen LogP contribution in [0.5, 0.6) is 0 Å². The molecule has 0 radical (unpaired) electrons. The van der Waals surface area contributed by atoms with Crippen LogP contribution in [-0.2, 0) is 19.5 Å². The van der Waals surface area contributed by atoms with Crippen LogP contribution >= 0.6 is 0 Å². The van der Waals surface area contributed by atoms with Crippen LogP contribution in [0.25, 0.3) is 11.2 Å². The van der Waals surface area contributed by atoms with E-state index in [-0.39, 0.29) is 11.2 Å². The minimum absolute atomic E-state index is 0.246. The van der Waals surface area contributed by atoms with Crippen LogP contribution < -0.4 is 11.2 Å². The highest BCUT2D eigenvalue weighted by Gasteiger charge is 2.16. The van der Waals surface area contributed by atoms with Crippen LogP contribution in [0, 0.1) is 0 Å². The molecule has 0 unspecified atom stereocenters. The Bertz CT molecular complexity index is 724. The number of nitrogens with one attached hydrogen (secondary N) is 1. The summed E-state index contributed by atoms with van der Waals surface area (Å²) in [5.74, 6) is 0.794. The quantitative estimate of drug-likeness (QED) is 0.849. The summed E-state index contributed by atoms with van der Waals surface area (Å²) in [4.78, 5) is 32.5. The molecule has 0 aliphatic carbocycles. The summed E-state index contributed by atoms with van der Waals surface area (Å²) in [7, 11) is 0. The summed E-state index contributed by atoms with van der Waals surface area (Å²) >= 11 is 0. The van der Waals surface area contributed by atoms with Crippen molar-refractivity contribution in [2.75, 3.05) is 0 Å². The number of hydrogen-bond donors (Lipinski definition) is 1. The highest BCUT2D eigenvalue weighted by molar-refractivity contribution is 5.69. The van der Waals surface area contributed by atoms with E-state index in [0.29, 0.717) is 24.3 Å². The molecule has 0 aliphatic rings. The number of aryl methyl sites for hydroxylation is 2. The monoisotopic (exact) mass is 292 g/mol. The smallest absolute Gasteiger partial charge is 0.332 e. The zero-order valence-electron chi connectivity index (χ0n) is 13.1. The average molecular weight is 292 g/mol. The molecule has 6 heteroatoms. The molecule has 2 heterocycles.